The van der Waals surface area contributed by atoms with Gasteiger partial charge in [-0.05, 0) is 89.9 Å². The zero-order valence-electron chi connectivity index (χ0n) is 17.7. The molecule has 2 amide bonds. The third-order valence-electron chi connectivity index (χ3n) is 7.23. The highest BCUT2D eigenvalue weighted by Crippen LogP contribution is 2.52. The number of nitrogens with zero attached hydrogens (tertiary/aromatic N) is 2. The van der Waals surface area contributed by atoms with Crippen LogP contribution < -0.4 is 0 Å². The van der Waals surface area contributed by atoms with Crippen molar-refractivity contribution < 1.29 is 14.3 Å². The number of amides is 2. The maximum atomic E-state index is 12.8. The van der Waals surface area contributed by atoms with Crippen molar-refractivity contribution in [3.05, 3.63) is 0 Å². The van der Waals surface area contributed by atoms with Crippen LogP contribution in [0.4, 0.5) is 4.79 Å². The number of hydrogen-bond donors (Lipinski definition) is 0. The Bertz CT molecular complexity index is 678. The SMILES string of the molecule is CC(C)(C)OC(=O)N1CCC(C2(C)SC(C[C@H]3C[C@@H]4CC[C@H]3C4)=NC2=O)CC1. The van der Waals surface area contributed by atoms with Gasteiger partial charge >= 0.3 is 6.09 Å². The second-order valence-corrected chi connectivity index (χ2v) is 11.9. The fourth-order valence-corrected chi connectivity index (χ4v) is 7.12. The molecule has 5 nitrogen and oxygen atoms in total. The summed E-state index contributed by atoms with van der Waals surface area (Å²) in [6, 6.07) is 0. The summed E-state index contributed by atoms with van der Waals surface area (Å²) >= 11 is 1.73. The lowest BCUT2D eigenvalue weighted by molar-refractivity contribution is -0.121. The molecule has 6 heteroatoms. The maximum Gasteiger partial charge on any atom is 0.410 e. The van der Waals surface area contributed by atoms with Crippen molar-refractivity contribution in [3.8, 4) is 0 Å². The van der Waals surface area contributed by atoms with Crippen LogP contribution in [-0.4, -0.2) is 45.4 Å². The molecule has 2 aliphatic heterocycles. The molecule has 156 valence electrons. The van der Waals surface area contributed by atoms with Gasteiger partial charge < -0.3 is 9.64 Å². The Morgan fingerprint density at radius 1 is 1.21 bits per heavy atom. The van der Waals surface area contributed by atoms with E-state index in [9.17, 15) is 9.59 Å². The first-order chi connectivity index (χ1) is 13.1. The number of aliphatic imine (C=N–C) groups is 1. The van der Waals surface area contributed by atoms with Crippen molar-refractivity contribution in [2.45, 2.75) is 83.0 Å². The van der Waals surface area contributed by atoms with Crippen molar-refractivity contribution >= 4 is 28.8 Å². The molecular formula is C22H34N2O3S. The predicted molar refractivity (Wildman–Crippen MR) is 113 cm³/mol. The van der Waals surface area contributed by atoms with E-state index in [1.54, 1.807) is 16.7 Å². The van der Waals surface area contributed by atoms with Gasteiger partial charge in [-0.25, -0.2) is 9.79 Å². The van der Waals surface area contributed by atoms with E-state index in [1.807, 2.05) is 20.8 Å². The summed E-state index contributed by atoms with van der Waals surface area (Å²) < 4.78 is 5.04. The highest BCUT2D eigenvalue weighted by molar-refractivity contribution is 8.16. The summed E-state index contributed by atoms with van der Waals surface area (Å²) in [5.74, 6) is 2.86. The molecule has 0 aromatic rings. The number of hydrogen-bond acceptors (Lipinski definition) is 4. The third-order valence-corrected chi connectivity index (χ3v) is 8.65. The number of fused-ring (bicyclic) bond motifs is 2. The summed E-state index contributed by atoms with van der Waals surface area (Å²) in [4.78, 5) is 31.4. The summed E-state index contributed by atoms with van der Waals surface area (Å²) in [7, 11) is 0. The highest BCUT2D eigenvalue weighted by Gasteiger charge is 2.49. The average Bonchev–Trinajstić information content (AvgIpc) is 3.29. The van der Waals surface area contributed by atoms with Crippen LogP contribution >= 0.6 is 11.8 Å². The molecule has 4 aliphatic rings. The van der Waals surface area contributed by atoms with Crippen LogP contribution in [0.2, 0.25) is 0 Å². The van der Waals surface area contributed by atoms with Gasteiger partial charge in [-0.1, -0.05) is 18.2 Å². The van der Waals surface area contributed by atoms with Crippen LogP contribution in [0.5, 0.6) is 0 Å². The van der Waals surface area contributed by atoms with E-state index >= 15 is 0 Å². The van der Waals surface area contributed by atoms with Gasteiger partial charge in [-0.2, -0.15) is 0 Å². The lowest BCUT2D eigenvalue weighted by Gasteiger charge is -2.38. The molecule has 2 bridgehead atoms. The van der Waals surface area contributed by atoms with Crippen LogP contribution in [-0.2, 0) is 9.53 Å². The van der Waals surface area contributed by atoms with Gasteiger partial charge in [0, 0.05) is 13.1 Å². The first kappa shape index (κ1) is 20.2. The first-order valence-electron chi connectivity index (χ1n) is 10.9. The van der Waals surface area contributed by atoms with Gasteiger partial charge in [-0.3, -0.25) is 4.79 Å². The standard InChI is InChI=1S/C22H34N2O3S/c1-21(2,3)27-20(26)24-9-7-17(8-10-24)22(4)19(25)23-18(28-22)13-16-12-14-5-6-15(16)11-14/h14-17H,5-13H2,1-4H3/t14-,15+,16-,22?/m1/s1. The third kappa shape index (κ3) is 3.99. The van der Waals surface area contributed by atoms with Crippen molar-refractivity contribution in [2.24, 2.45) is 28.7 Å². The second kappa shape index (κ2) is 7.33. The molecule has 28 heavy (non-hydrogen) atoms. The van der Waals surface area contributed by atoms with Crippen molar-refractivity contribution in [2.75, 3.05) is 13.1 Å². The van der Waals surface area contributed by atoms with E-state index in [4.69, 9.17) is 4.74 Å². The highest BCUT2D eigenvalue weighted by atomic mass is 32.2. The van der Waals surface area contributed by atoms with Crippen LogP contribution in [0.15, 0.2) is 4.99 Å². The average molecular weight is 407 g/mol. The number of thioether (sulfide) groups is 1. The van der Waals surface area contributed by atoms with E-state index in [0.717, 1.165) is 42.1 Å². The molecule has 4 rings (SSSR count). The minimum Gasteiger partial charge on any atom is -0.444 e. The van der Waals surface area contributed by atoms with Gasteiger partial charge in [0.05, 0.1) is 5.04 Å². The zero-order valence-corrected chi connectivity index (χ0v) is 18.5. The van der Waals surface area contributed by atoms with E-state index in [-0.39, 0.29) is 17.9 Å². The molecule has 0 aromatic heterocycles. The smallest absolute Gasteiger partial charge is 0.410 e. The van der Waals surface area contributed by atoms with E-state index in [0.29, 0.717) is 13.1 Å². The Kier molecular flexibility index (Phi) is 5.30. The number of rotatable bonds is 3. The molecule has 4 atom stereocenters. The molecule has 0 radical (unpaired) electrons. The second-order valence-electron chi connectivity index (χ2n) is 10.4. The van der Waals surface area contributed by atoms with Crippen molar-refractivity contribution in [3.63, 3.8) is 0 Å². The number of piperidine rings is 1. The van der Waals surface area contributed by atoms with Gasteiger partial charge in [0.1, 0.15) is 10.3 Å². The van der Waals surface area contributed by atoms with Crippen LogP contribution in [0, 0.1) is 23.7 Å². The molecule has 2 heterocycles. The molecule has 0 N–H and O–H groups in total. The van der Waals surface area contributed by atoms with E-state index in [2.05, 4.69) is 11.9 Å². The number of likely N-dealkylation sites (tertiary alicyclic amines) is 1. The number of carbonyl (C=O) groups is 2. The summed E-state index contributed by atoms with van der Waals surface area (Å²) in [6.45, 7) is 9.06. The largest absolute Gasteiger partial charge is 0.444 e. The Labute approximate surface area is 173 Å². The van der Waals surface area contributed by atoms with Gasteiger partial charge in [-0.15, -0.1) is 0 Å². The molecule has 2 aliphatic carbocycles. The lowest BCUT2D eigenvalue weighted by atomic mass is 9.84. The summed E-state index contributed by atoms with van der Waals surface area (Å²) in [6.07, 6.45) is 7.96. The quantitative estimate of drug-likeness (QED) is 0.669. The minimum atomic E-state index is -0.473. The normalized spacial score (nSPS) is 36.1. The van der Waals surface area contributed by atoms with Crippen molar-refractivity contribution in [1.29, 1.82) is 0 Å². The molecule has 1 unspecified atom stereocenters. The van der Waals surface area contributed by atoms with Crippen molar-refractivity contribution in [1.82, 2.24) is 4.90 Å². The van der Waals surface area contributed by atoms with E-state index < -0.39 is 10.3 Å². The summed E-state index contributed by atoms with van der Waals surface area (Å²) in [5, 5.41) is 1.07. The minimum absolute atomic E-state index is 0.0476. The maximum absolute atomic E-state index is 12.8. The Morgan fingerprint density at radius 3 is 2.50 bits per heavy atom. The number of carbonyl (C=O) groups excluding carboxylic acids is 2. The molecular weight excluding hydrogens is 372 g/mol. The lowest BCUT2D eigenvalue weighted by Crippen LogP contribution is -2.47. The van der Waals surface area contributed by atoms with Gasteiger partial charge in [0.25, 0.3) is 5.91 Å². The fourth-order valence-electron chi connectivity index (χ4n) is 5.67. The van der Waals surface area contributed by atoms with Crippen LogP contribution in [0.3, 0.4) is 0 Å². The molecule has 0 spiro atoms. The molecule has 2 saturated carbocycles. The first-order valence-corrected chi connectivity index (χ1v) is 11.7. The molecule has 1 saturated heterocycles. The fraction of sp³-hybridized carbons (Fsp3) is 0.864. The van der Waals surface area contributed by atoms with Gasteiger partial charge in [0.2, 0.25) is 0 Å². The van der Waals surface area contributed by atoms with Crippen LogP contribution in [0.1, 0.15) is 72.6 Å². The Hall–Kier alpha value is -1.04. The molecule has 0 aromatic carbocycles. The zero-order chi connectivity index (χ0) is 20.1. The predicted octanol–water partition coefficient (Wildman–Crippen LogP) is 4.89. The Morgan fingerprint density at radius 2 is 1.93 bits per heavy atom. The number of ether oxygens (including phenoxy) is 1. The topological polar surface area (TPSA) is 59.0 Å². The van der Waals surface area contributed by atoms with E-state index in [1.165, 1.54) is 25.7 Å². The monoisotopic (exact) mass is 406 g/mol. The van der Waals surface area contributed by atoms with Crippen LogP contribution in [0.25, 0.3) is 0 Å². The molecule has 3 fully saturated rings. The Balaban J connectivity index is 1.31. The summed E-state index contributed by atoms with van der Waals surface area (Å²) in [5.41, 5.74) is -0.473. The van der Waals surface area contributed by atoms with Gasteiger partial charge in [0.15, 0.2) is 0 Å².